The molecule has 1 aromatic carbocycles. The van der Waals surface area contributed by atoms with Crippen molar-refractivity contribution in [3.63, 3.8) is 0 Å². The van der Waals surface area contributed by atoms with Crippen LogP contribution in [0.15, 0.2) is 30.3 Å². The van der Waals surface area contributed by atoms with E-state index in [-0.39, 0.29) is 5.92 Å². The Labute approximate surface area is 151 Å². The maximum atomic E-state index is 12.8. The monoisotopic (exact) mass is 339 g/mol. The molecule has 0 radical (unpaired) electrons. The second kappa shape index (κ2) is 9.01. The lowest BCUT2D eigenvalue weighted by atomic mass is 9.88. The Morgan fingerprint density at radius 2 is 1.72 bits per heavy atom. The zero-order valence-corrected chi connectivity index (χ0v) is 15.1. The summed E-state index contributed by atoms with van der Waals surface area (Å²) < 4.78 is 0. The molecular formula is C21H29N3O. The first-order valence-corrected chi connectivity index (χ1v) is 9.68. The molecule has 2 aliphatic heterocycles. The van der Waals surface area contributed by atoms with Gasteiger partial charge in [-0.05, 0) is 56.7 Å². The third-order valence-corrected chi connectivity index (χ3v) is 5.77. The van der Waals surface area contributed by atoms with Gasteiger partial charge in [-0.25, -0.2) is 0 Å². The van der Waals surface area contributed by atoms with E-state index in [1.165, 1.54) is 5.56 Å². The summed E-state index contributed by atoms with van der Waals surface area (Å²) in [5.74, 6) is 1.28. The van der Waals surface area contributed by atoms with Crippen LogP contribution in [0.5, 0.6) is 0 Å². The van der Waals surface area contributed by atoms with Crippen LogP contribution in [0.2, 0.25) is 0 Å². The standard InChI is InChI=1S/C21H29N3O/c22-11-4-12-23-13-9-20(10-14-23)21(25)24-15-7-19(8-16-24)17-18-5-2-1-3-6-18/h1-3,5-6,19-20H,4,7-10,12-17H2. The van der Waals surface area contributed by atoms with Gasteiger partial charge < -0.3 is 9.80 Å². The fourth-order valence-electron chi connectivity index (χ4n) is 4.17. The molecule has 0 unspecified atom stereocenters. The first-order chi connectivity index (χ1) is 12.3. The minimum atomic E-state index is 0.198. The van der Waals surface area contributed by atoms with Crippen LogP contribution in [0.1, 0.15) is 37.7 Å². The smallest absolute Gasteiger partial charge is 0.225 e. The molecule has 0 aromatic heterocycles. The minimum absolute atomic E-state index is 0.198. The molecule has 1 aromatic rings. The highest BCUT2D eigenvalue weighted by atomic mass is 16.2. The van der Waals surface area contributed by atoms with Crippen molar-refractivity contribution in [2.45, 2.75) is 38.5 Å². The van der Waals surface area contributed by atoms with Crippen LogP contribution < -0.4 is 0 Å². The molecule has 25 heavy (non-hydrogen) atoms. The van der Waals surface area contributed by atoms with E-state index >= 15 is 0 Å². The summed E-state index contributed by atoms with van der Waals surface area (Å²) in [5.41, 5.74) is 1.41. The molecule has 4 heteroatoms. The third kappa shape index (κ3) is 5.06. The molecule has 4 nitrogen and oxygen atoms in total. The minimum Gasteiger partial charge on any atom is -0.342 e. The molecule has 0 bridgehead atoms. The SMILES string of the molecule is N#CCCN1CCC(C(=O)N2CCC(Cc3ccccc3)CC2)CC1. The number of benzene rings is 1. The van der Waals surface area contributed by atoms with Crippen molar-refractivity contribution in [1.82, 2.24) is 9.80 Å². The molecule has 2 saturated heterocycles. The number of carbonyl (C=O) groups is 1. The normalized spacial score (nSPS) is 20.4. The quantitative estimate of drug-likeness (QED) is 0.828. The van der Waals surface area contributed by atoms with Gasteiger partial charge in [0.2, 0.25) is 5.91 Å². The lowest BCUT2D eigenvalue weighted by molar-refractivity contribution is -0.138. The van der Waals surface area contributed by atoms with Crippen molar-refractivity contribution in [2.24, 2.45) is 11.8 Å². The van der Waals surface area contributed by atoms with Gasteiger partial charge in [0.05, 0.1) is 6.07 Å². The summed E-state index contributed by atoms with van der Waals surface area (Å²) >= 11 is 0. The number of rotatable bonds is 5. The van der Waals surface area contributed by atoms with E-state index in [0.717, 1.165) is 64.8 Å². The summed E-state index contributed by atoms with van der Waals surface area (Å²) in [6, 6.07) is 12.9. The van der Waals surface area contributed by atoms with E-state index in [2.05, 4.69) is 46.2 Å². The van der Waals surface area contributed by atoms with E-state index in [4.69, 9.17) is 5.26 Å². The highest BCUT2D eigenvalue weighted by molar-refractivity contribution is 5.79. The van der Waals surface area contributed by atoms with Crippen LogP contribution >= 0.6 is 0 Å². The summed E-state index contributed by atoms with van der Waals surface area (Å²) in [7, 11) is 0. The van der Waals surface area contributed by atoms with Crippen LogP contribution in [-0.2, 0) is 11.2 Å². The Morgan fingerprint density at radius 3 is 2.36 bits per heavy atom. The van der Waals surface area contributed by atoms with Crippen LogP contribution in [0, 0.1) is 23.2 Å². The first-order valence-electron chi connectivity index (χ1n) is 9.68. The van der Waals surface area contributed by atoms with Gasteiger partial charge in [0.15, 0.2) is 0 Å². The Balaban J connectivity index is 1.41. The van der Waals surface area contributed by atoms with Gasteiger partial charge in [-0.2, -0.15) is 5.26 Å². The number of nitrogens with zero attached hydrogens (tertiary/aromatic N) is 3. The molecule has 1 amide bonds. The largest absolute Gasteiger partial charge is 0.342 e. The highest BCUT2D eigenvalue weighted by Gasteiger charge is 2.30. The van der Waals surface area contributed by atoms with Crippen molar-refractivity contribution in [2.75, 3.05) is 32.7 Å². The maximum absolute atomic E-state index is 12.8. The molecule has 3 rings (SSSR count). The summed E-state index contributed by atoms with van der Waals surface area (Å²) in [6.45, 7) is 4.61. The van der Waals surface area contributed by atoms with Gasteiger partial charge >= 0.3 is 0 Å². The fourth-order valence-corrected chi connectivity index (χ4v) is 4.17. The maximum Gasteiger partial charge on any atom is 0.225 e. The summed E-state index contributed by atoms with van der Waals surface area (Å²) in [4.78, 5) is 17.2. The number of likely N-dealkylation sites (tertiary alicyclic amines) is 2. The molecule has 0 spiro atoms. The van der Waals surface area contributed by atoms with Crippen molar-refractivity contribution in [1.29, 1.82) is 5.26 Å². The number of amides is 1. The van der Waals surface area contributed by atoms with Crippen molar-refractivity contribution in [3.05, 3.63) is 35.9 Å². The molecule has 2 heterocycles. The average molecular weight is 339 g/mol. The number of hydrogen-bond donors (Lipinski definition) is 0. The summed E-state index contributed by atoms with van der Waals surface area (Å²) in [5, 5.41) is 8.68. The van der Waals surface area contributed by atoms with Crippen LogP contribution in [0.3, 0.4) is 0 Å². The van der Waals surface area contributed by atoms with Gasteiger partial charge in [0.25, 0.3) is 0 Å². The molecular weight excluding hydrogens is 310 g/mol. The molecule has 0 N–H and O–H groups in total. The molecule has 2 aliphatic rings. The lowest BCUT2D eigenvalue weighted by Gasteiger charge is -2.37. The molecule has 134 valence electrons. The molecule has 2 fully saturated rings. The van der Waals surface area contributed by atoms with Crippen molar-refractivity contribution < 1.29 is 4.79 Å². The number of nitriles is 1. The third-order valence-electron chi connectivity index (χ3n) is 5.77. The first kappa shape index (κ1) is 17.9. The highest BCUT2D eigenvalue weighted by Crippen LogP contribution is 2.25. The molecule has 0 saturated carbocycles. The molecule has 0 aliphatic carbocycles. The number of piperidine rings is 2. The average Bonchev–Trinajstić information content (AvgIpc) is 2.68. The Morgan fingerprint density at radius 1 is 1.04 bits per heavy atom. The lowest BCUT2D eigenvalue weighted by Crippen LogP contribution is -2.45. The van der Waals surface area contributed by atoms with Gasteiger partial charge in [-0.1, -0.05) is 30.3 Å². The zero-order valence-electron chi connectivity index (χ0n) is 15.1. The van der Waals surface area contributed by atoms with E-state index in [1.54, 1.807) is 0 Å². The number of hydrogen-bond acceptors (Lipinski definition) is 3. The molecule has 0 atom stereocenters. The zero-order chi connectivity index (χ0) is 17.5. The number of carbonyl (C=O) groups excluding carboxylic acids is 1. The van der Waals surface area contributed by atoms with Crippen LogP contribution in [0.4, 0.5) is 0 Å². The van der Waals surface area contributed by atoms with E-state index < -0.39 is 0 Å². The Bertz CT molecular complexity index is 579. The summed E-state index contributed by atoms with van der Waals surface area (Å²) in [6.07, 6.45) is 5.89. The van der Waals surface area contributed by atoms with Gasteiger partial charge in [-0.3, -0.25) is 4.79 Å². The van der Waals surface area contributed by atoms with E-state index in [1.807, 2.05) is 0 Å². The second-order valence-corrected chi connectivity index (χ2v) is 7.48. The van der Waals surface area contributed by atoms with Crippen molar-refractivity contribution >= 4 is 5.91 Å². The van der Waals surface area contributed by atoms with Crippen molar-refractivity contribution in [3.8, 4) is 6.07 Å². The van der Waals surface area contributed by atoms with Crippen LogP contribution in [0.25, 0.3) is 0 Å². The Kier molecular flexibility index (Phi) is 6.47. The van der Waals surface area contributed by atoms with Gasteiger partial charge in [0.1, 0.15) is 0 Å². The van der Waals surface area contributed by atoms with Crippen LogP contribution in [-0.4, -0.2) is 48.4 Å². The predicted molar refractivity (Wildman–Crippen MR) is 98.8 cm³/mol. The van der Waals surface area contributed by atoms with Gasteiger partial charge in [0, 0.05) is 32.0 Å². The van der Waals surface area contributed by atoms with E-state index in [0.29, 0.717) is 18.2 Å². The second-order valence-electron chi connectivity index (χ2n) is 7.48. The predicted octanol–water partition coefficient (Wildman–Crippen LogP) is 3.09. The topological polar surface area (TPSA) is 47.3 Å². The van der Waals surface area contributed by atoms with E-state index in [9.17, 15) is 4.79 Å². The van der Waals surface area contributed by atoms with Gasteiger partial charge in [-0.15, -0.1) is 0 Å². The Hall–Kier alpha value is -1.86. The fraction of sp³-hybridized carbons (Fsp3) is 0.619.